The molecule has 0 atom stereocenters. The van der Waals surface area contributed by atoms with Gasteiger partial charge in [-0.3, -0.25) is 9.59 Å². The number of hydrogen-bond donors (Lipinski definition) is 2. The quantitative estimate of drug-likeness (QED) is 0.584. The van der Waals surface area contributed by atoms with Crippen LogP contribution < -0.4 is 10.6 Å². The maximum Gasteiger partial charge on any atom is 0.234 e. The van der Waals surface area contributed by atoms with Crippen molar-refractivity contribution in [1.82, 2.24) is 10.6 Å². The van der Waals surface area contributed by atoms with Gasteiger partial charge in [0.25, 0.3) is 0 Å². The zero-order valence-electron chi connectivity index (χ0n) is 10.4. The molecule has 0 aromatic rings. The average Bonchev–Trinajstić information content (AvgIpc) is 2.33. The van der Waals surface area contributed by atoms with E-state index >= 15 is 0 Å². The fraction of sp³-hybridized carbons (Fsp3) is 0.667. The Balaban J connectivity index is 3.22. The summed E-state index contributed by atoms with van der Waals surface area (Å²) in [5.41, 5.74) is 0. The van der Waals surface area contributed by atoms with Gasteiger partial charge in [0.1, 0.15) is 12.8 Å². The third kappa shape index (κ3) is 10.4. The molecule has 0 spiro atoms. The minimum Gasteiger partial charge on any atom is -0.355 e. The summed E-state index contributed by atoms with van der Waals surface area (Å²) in [6, 6.07) is 3.56. The summed E-state index contributed by atoms with van der Waals surface area (Å²) in [6.07, 6.45) is 3.46. The molecule has 0 aromatic heterocycles. The first-order chi connectivity index (χ1) is 8.70. The predicted molar refractivity (Wildman–Crippen MR) is 64.9 cm³/mol. The van der Waals surface area contributed by atoms with Crippen molar-refractivity contribution in [1.29, 1.82) is 10.5 Å². The van der Waals surface area contributed by atoms with Crippen molar-refractivity contribution in [3.8, 4) is 12.1 Å². The van der Waals surface area contributed by atoms with Gasteiger partial charge in [0.2, 0.25) is 11.8 Å². The highest BCUT2D eigenvalue weighted by Crippen LogP contribution is 1.98. The van der Waals surface area contributed by atoms with Gasteiger partial charge >= 0.3 is 0 Å². The number of carbonyl (C=O) groups excluding carboxylic acids is 2. The molecule has 0 fully saturated rings. The van der Waals surface area contributed by atoms with Crippen LogP contribution in [0.4, 0.5) is 0 Å². The highest BCUT2D eigenvalue weighted by atomic mass is 16.2. The fourth-order valence-corrected chi connectivity index (χ4v) is 1.33. The normalized spacial score (nSPS) is 9.00. The van der Waals surface area contributed by atoms with Gasteiger partial charge < -0.3 is 10.6 Å². The number of rotatable bonds is 9. The van der Waals surface area contributed by atoms with E-state index in [2.05, 4.69) is 10.6 Å². The Hall–Kier alpha value is -2.08. The summed E-state index contributed by atoms with van der Waals surface area (Å²) < 4.78 is 0. The smallest absolute Gasteiger partial charge is 0.234 e. The molecule has 2 amide bonds. The van der Waals surface area contributed by atoms with Crippen LogP contribution >= 0.6 is 0 Å². The lowest BCUT2D eigenvalue weighted by molar-refractivity contribution is -0.121. The maximum absolute atomic E-state index is 10.9. The van der Waals surface area contributed by atoms with Gasteiger partial charge in [-0.2, -0.15) is 10.5 Å². The fourth-order valence-electron chi connectivity index (χ4n) is 1.33. The van der Waals surface area contributed by atoms with E-state index in [1.165, 1.54) is 0 Å². The first kappa shape index (κ1) is 15.9. The van der Waals surface area contributed by atoms with Crippen LogP contribution in [0.5, 0.6) is 0 Å². The van der Waals surface area contributed by atoms with Gasteiger partial charge in [-0.05, 0) is 12.8 Å². The summed E-state index contributed by atoms with van der Waals surface area (Å²) in [4.78, 5) is 21.8. The van der Waals surface area contributed by atoms with Crippen LogP contribution in [0.1, 0.15) is 38.5 Å². The third-order valence-corrected chi connectivity index (χ3v) is 2.23. The van der Waals surface area contributed by atoms with Gasteiger partial charge in [-0.25, -0.2) is 0 Å². The molecule has 18 heavy (non-hydrogen) atoms. The molecule has 98 valence electrons. The summed E-state index contributed by atoms with van der Waals surface area (Å²) in [6.45, 7) is 1.17. The Kier molecular flexibility index (Phi) is 10.1. The first-order valence-corrected chi connectivity index (χ1v) is 5.98. The molecular formula is C12H18N4O2. The van der Waals surface area contributed by atoms with Crippen LogP contribution in [0.25, 0.3) is 0 Å². The molecule has 6 heteroatoms. The van der Waals surface area contributed by atoms with Gasteiger partial charge in [0, 0.05) is 13.1 Å². The molecule has 2 N–H and O–H groups in total. The summed E-state index contributed by atoms with van der Waals surface area (Å²) in [5.74, 6) is -0.470. The minimum absolute atomic E-state index is 0.0923. The van der Waals surface area contributed by atoms with Crippen molar-refractivity contribution in [2.24, 2.45) is 0 Å². The van der Waals surface area contributed by atoms with E-state index < -0.39 is 0 Å². The molecule has 0 radical (unpaired) electrons. The highest BCUT2D eigenvalue weighted by molar-refractivity contribution is 5.78. The molecule has 0 aromatic carbocycles. The molecule has 0 rings (SSSR count). The number of nitrogens with zero attached hydrogens (tertiary/aromatic N) is 2. The molecule has 0 saturated heterocycles. The zero-order valence-corrected chi connectivity index (χ0v) is 10.4. The summed E-state index contributed by atoms with van der Waals surface area (Å²) >= 11 is 0. The lowest BCUT2D eigenvalue weighted by atomic mass is 10.2. The van der Waals surface area contributed by atoms with E-state index in [1.54, 1.807) is 12.1 Å². The van der Waals surface area contributed by atoms with Crippen LogP contribution in [0.3, 0.4) is 0 Å². The van der Waals surface area contributed by atoms with Crippen LogP contribution in [0.2, 0.25) is 0 Å². The first-order valence-electron chi connectivity index (χ1n) is 5.98. The molecular weight excluding hydrogens is 232 g/mol. The number of amides is 2. The van der Waals surface area contributed by atoms with Gasteiger partial charge in [-0.15, -0.1) is 0 Å². The Labute approximate surface area is 107 Å². The van der Waals surface area contributed by atoms with E-state index in [9.17, 15) is 9.59 Å². The number of carbonyl (C=O) groups is 2. The average molecular weight is 250 g/mol. The Bertz CT molecular complexity index is 307. The second-order valence-electron chi connectivity index (χ2n) is 3.78. The number of nitriles is 2. The largest absolute Gasteiger partial charge is 0.355 e. The molecule has 0 aliphatic carbocycles. The van der Waals surface area contributed by atoms with Crippen molar-refractivity contribution < 1.29 is 9.59 Å². The monoisotopic (exact) mass is 250 g/mol. The van der Waals surface area contributed by atoms with E-state index in [4.69, 9.17) is 10.5 Å². The number of unbranched alkanes of at least 4 members (excludes halogenated alkanes) is 3. The van der Waals surface area contributed by atoms with Crippen LogP contribution in [0.15, 0.2) is 0 Å². The van der Waals surface area contributed by atoms with Crippen molar-refractivity contribution in [3.05, 3.63) is 0 Å². The van der Waals surface area contributed by atoms with Gasteiger partial charge in [0.15, 0.2) is 0 Å². The van der Waals surface area contributed by atoms with Gasteiger partial charge in [-0.1, -0.05) is 12.8 Å². The Morgan fingerprint density at radius 2 is 1.17 bits per heavy atom. The van der Waals surface area contributed by atoms with Crippen LogP contribution in [-0.2, 0) is 9.59 Å². The number of hydrogen-bond acceptors (Lipinski definition) is 4. The van der Waals surface area contributed by atoms with Crippen LogP contribution in [0, 0.1) is 22.7 Å². The lowest BCUT2D eigenvalue weighted by Gasteiger charge is -2.04. The van der Waals surface area contributed by atoms with E-state index in [0.717, 1.165) is 25.7 Å². The van der Waals surface area contributed by atoms with Crippen molar-refractivity contribution in [2.75, 3.05) is 13.1 Å². The van der Waals surface area contributed by atoms with E-state index in [0.29, 0.717) is 13.1 Å². The molecule has 0 saturated carbocycles. The predicted octanol–water partition coefficient (Wildman–Crippen LogP) is 0.607. The second-order valence-corrected chi connectivity index (χ2v) is 3.78. The topological polar surface area (TPSA) is 106 Å². The minimum atomic E-state index is -0.235. The molecule has 0 aliphatic heterocycles. The standard InChI is InChI=1S/C12H18N4O2/c13-7-5-11(17)15-9-3-1-2-4-10-16-12(18)6-8-14/h1-6,9-10H2,(H,15,17)(H,16,18). The third-order valence-electron chi connectivity index (χ3n) is 2.23. The Morgan fingerprint density at radius 1 is 0.778 bits per heavy atom. The molecule has 0 unspecified atom stereocenters. The zero-order chi connectivity index (χ0) is 13.6. The molecule has 0 aliphatic rings. The van der Waals surface area contributed by atoms with E-state index in [-0.39, 0.29) is 24.7 Å². The highest BCUT2D eigenvalue weighted by Gasteiger charge is 1.99. The maximum atomic E-state index is 10.9. The molecule has 6 nitrogen and oxygen atoms in total. The molecule has 0 heterocycles. The van der Waals surface area contributed by atoms with Crippen molar-refractivity contribution >= 4 is 11.8 Å². The Morgan fingerprint density at radius 3 is 1.50 bits per heavy atom. The second kappa shape index (κ2) is 11.4. The lowest BCUT2D eigenvalue weighted by Crippen LogP contribution is -2.24. The van der Waals surface area contributed by atoms with E-state index in [1.807, 2.05) is 0 Å². The number of nitrogens with one attached hydrogen (secondary N) is 2. The van der Waals surface area contributed by atoms with Crippen molar-refractivity contribution in [2.45, 2.75) is 38.5 Å². The molecule has 0 bridgehead atoms. The van der Waals surface area contributed by atoms with Gasteiger partial charge in [0.05, 0.1) is 12.1 Å². The summed E-state index contributed by atoms with van der Waals surface area (Å²) in [7, 11) is 0. The summed E-state index contributed by atoms with van der Waals surface area (Å²) in [5, 5.41) is 21.8. The van der Waals surface area contributed by atoms with Crippen molar-refractivity contribution in [3.63, 3.8) is 0 Å². The SMILES string of the molecule is N#CCC(=O)NCCCCCCNC(=O)CC#N. The van der Waals surface area contributed by atoms with Crippen LogP contribution in [-0.4, -0.2) is 24.9 Å².